The molecule has 1 aromatic carbocycles. The highest BCUT2D eigenvalue weighted by Gasteiger charge is 2.21. The Bertz CT molecular complexity index is 1160. The van der Waals surface area contributed by atoms with Crippen LogP contribution >= 0.6 is 0 Å². The first kappa shape index (κ1) is 18.8. The van der Waals surface area contributed by atoms with Gasteiger partial charge in [0.1, 0.15) is 12.4 Å². The van der Waals surface area contributed by atoms with Gasteiger partial charge in [-0.25, -0.2) is 15.0 Å². The van der Waals surface area contributed by atoms with Crippen LogP contribution in [-0.4, -0.2) is 59.1 Å². The number of hydrogen-bond donors (Lipinski definition) is 1. The number of morpholine rings is 1. The van der Waals surface area contributed by atoms with Crippen molar-refractivity contribution in [2.45, 2.75) is 6.10 Å². The Kier molecular flexibility index (Phi) is 4.94. The summed E-state index contributed by atoms with van der Waals surface area (Å²) >= 11 is 0. The van der Waals surface area contributed by atoms with E-state index in [9.17, 15) is 9.50 Å². The van der Waals surface area contributed by atoms with Gasteiger partial charge in [-0.1, -0.05) is 6.08 Å². The first-order valence-electron chi connectivity index (χ1n) is 9.82. The number of benzene rings is 1. The van der Waals surface area contributed by atoms with Gasteiger partial charge in [-0.05, 0) is 24.3 Å². The molecule has 1 fully saturated rings. The Balaban J connectivity index is 1.54. The highest BCUT2D eigenvalue weighted by atomic mass is 19.1. The zero-order valence-electron chi connectivity index (χ0n) is 16.2. The van der Waals surface area contributed by atoms with E-state index in [1.807, 2.05) is 18.2 Å². The third kappa shape index (κ3) is 3.44. The molecule has 2 aromatic heterocycles. The number of nitrogens with zero attached hydrogens (tertiary/aromatic N) is 5. The van der Waals surface area contributed by atoms with Gasteiger partial charge in [-0.15, -0.1) is 0 Å². The summed E-state index contributed by atoms with van der Waals surface area (Å²) in [6.45, 7) is 3.59. The fourth-order valence-electron chi connectivity index (χ4n) is 3.81. The van der Waals surface area contributed by atoms with E-state index in [4.69, 9.17) is 4.74 Å². The van der Waals surface area contributed by atoms with Crippen LogP contribution in [0.1, 0.15) is 11.7 Å². The second kappa shape index (κ2) is 7.89. The molecule has 1 unspecified atom stereocenters. The first-order chi connectivity index (χ1) is 14.7. The van der Waals surface area contributed by atoms with E-state index in [1.165, 1.54) is 12.5 Å². The largest absolute Gasteiger partial charge is 0.383 e. The van der Waals surface area contributed by atoms with E-state index in [0.717, 1.165) is 29.7 Å². The predicted octanol–water partition coefficient (Wildman–Crippen LogP) is 2.71. The number of pyridine rings is 1. The van der Waals surface area contributed by atoms with Crippen LogP contribution in [0.15, 0.2) is 53.4 Å². The van der Waals surface area contributed by atoms with Gasteiger partial charge in [0, 0.05) is 53.3 Å². The molecule has 3 aromatic rings. The van der Waals surface area contributed by atoms with E-state index in [2.05, 4.69) is 24.8 Å². The van der Waals surface area contributed by atoms with Crippen LogP contribution in [0.5, 0.6) is 0 Å². The molecular formula is C22H20FN5O2. The molecule has 8 heteroatoms. The van der Waals surface area contributed by atoms with Gasteiger partial charge in [-0.2, -0.15) is 4.39 Å². The molecule has 1 N–H and O–H groups in total. The SMILES string of the molecule is OC(C1=CCN=C1)c1cc(-c2ncnc3cc(N4CCOCC4)ccc23)cnc1F. The van der Waals surface area contributed by atoms with Gasteiger partial charge in [-0.3, -0.25) is 4.99 Å². The topological polar surface area (TPSA) is 83.7 Å². The maximum Gasteiger partial charge on any atom is 0.219 e. The minimum atomic E-state index is -1.12. The molecule has 2 aliphatic heterocycles. The van der Waals surface area contributed by atoms with Crippen molar-refractivity contribution in [3.63, 3.8) is 0 Å². The molecule has 0 amide bonds. The maximum atomic E-state index is 14.4. The lowest BCUT2D eigenvalue weighted by molar-refractivity contribution is 0.122. The molecule has 0 saturated carbocycles. The van der Waals surface area contributed by atoms with Crippen LogP contribution in [0, 0.1) is 5.95 Å². The molecular weight excluding hydrogens is 385 g/mol. The number of aliphatic hydroxyl groups excluding tert-OH is 1. The van der Waals surface area contributed by atoms with E-state index >= 15 is 0 Å². The fraction of sp³-hybridized carbons (Fsp3) is 0.273. The first-order valence-corrected chi connectivity index (χ1v) is 9.82. The van der Waals surface area contributed by atoms with E-state index in [-0.39, 0.29) is 5.56 Å². The Morgan fingerprint density at radius 1 is 1.10 bits per heavy atom. The summed E-state index contributed by atoms with van der Waals surface area (Å²) in [5, 5.41) is 11.4. The van der Waals surface area contributed by atoms with E-state index in [1.54, 1.807) is 18.4 Å². The summed E-state index contributed by atoms with van der Waals surface area (Å²) < 4.78 is 19.8. The molecule has 1 atom stereocenters. The van der Waals surface area contributed by atoms with Crippen molar-refractivity contribution in [3.05, 3.63) is 59.9 Å². The van der Waals surface area contributed by atoms with E-state index in [0.29, 0.717) is 36.6 Å². The Hall–Kier alpha value is -3.23. The predicted molar refractivity (Wildman–Crippen MR) is 112 cm³/mol. The monoisotopic (exact) mass is 405 g/mol. The van der Waals surface area contributed by atoms with Crippen molar-refractivity contribution >= 4 is 22.8 Å². The molecule has 0 spiro atoms. The van der Waals surface area contributed by atoms with E-state index < -0.39 is 12.1 Å². The Morgan fingerprint density at radius 3 is 2.77 bits per heavy atom. The number of aliphatic hydroxyl groups is 1. The number of hydrogen-bond acceptors (Lipinski definition) is 7. The number of anilines is 1. The minimum Gasteiger partial charge on any atom is -0.383 e. The lowest BCUT2D eigenvalue weighted by atomic mass is 10.00. The van der Waals surface area contributed by atoms with Gasteiger partial charge < -0.3 is 14.7 Å². The number of halogens is 1. The van der Waals surface area contributed by atoms with Crippen LogP contribution in [0.4, 0.5) is 10.1 Å². The number of rotatable bonds is 4. The van der Waals surface area contributed by atoms with Crippen LogP contribution in [0.25, 0.3) is 22.2 Å². The highest BCUT2D eigenvalue weighted by Crippen LogP contribution is 2.31. The Labute approximate surface area is 172 Å². The standard InChI is InChI=1S/C22H20FN5O2/c23-22-18(21(29)14-3-4-24-11-14)9-15(12-25-22)20-17-2-1-16(10-19(17)26-13-27-20)28-5-7-30-8-6-28/h1-3,9-13,21,29H,4-8H2. The van der Waals surface area contributed by atoms with Crippen molar-refractivity contribution < 1.29 is 14.2 Å². The van der Waals surface area contributed by atoms with Gasteiger partial charge in [0.05, 0.1) is 31.0 Å². The molecule has 0 aliphatic carbocycles. The van der Waals surface area contributed by atoms with Gasteiger partial charge in [0.15, 0.2) is 0 Å². The van der Waals surface area contributed by atoms with Crippen molar-refractivity contribution in [1.29, 1.82) is 0 Å². The third-order valence-corrected chi connectivity index (χ3v) is 5.42. The van der Waals surface area contributed by atoms with Crippen molar-refractivity contribution in [1.82, 2.24) is 15.0 Å². The lowest BCUT2D eigenvalue weighted by Crippen LogP contribution is -2.36. The smallest absolute Gasteiger partial charge is 0.219 e. The summed E-state index contributed by atoms with van der Waals surface area (Å²) in [6.07, 6.45) is 5.13. The molecule has 1 saturated heterocycles. The second-order valence-corrected chi connectivity index (χ2v) is 7.23. The molecule has 4 heterocycles. The quantitative estimate of drug-likeness (QED) is 0.672. The maximum absolute atomic E-state index is 14.4. The highest BCUT2D eigenvalue weighted by molar-refractivity contribution is 5.94. The lowest BCUT2D eigenvalue weighted by Gasteiger charge is -2.29. The second-order valence-electron chi connectivity index (χ2n) is 7.23. The summed E-state index contributed by atoms with van der Waals surface area (Å²) in [7, 11) is 0. The number of ether oxygens (including phenoxy) is 1. The molecule has 30 heavy (non-hydrogen) atoms. The van der Waals surface area contributed by atoms with Crippen molar-refractivity contribution in [3.8, 4) is 11.3 Å². The van der Waals surface area contributed by atoms with Crippen molar-refractivity contribution in [2.24, 2.45) is 4.99 Å². The average molecular weight is 405 g/mol. The number of aromatic nitrogens is 3. The molecule has 7 nitrogen and oxygen atoms in total. The van der Waals surface area contributed by atoms with Gasteiger partial charge in [0.2, 0.25) is 5.95 Å². The summed E-state index contributed by atoms with van der Waals surface area (Å²) in [4.78, 5) is 19.0. The molecule has 152 valence electrons. The van der Waals surface area contributed by atoms with Crippen molar-refractivity contribution in [2.75, 3.05) is 37.7 Å². The summed E-state index contributed by atoms with van der Waals surface area (Å²) in [5.41, 5.74) is 3.80. The van der Waals surface area contributed by atoms with Gasteiger partial charge in [0.25, 0.3) is 0 Å². The van der Waals surface area contributed by atoms with Crippen LogP contribution in [0.2, 0.25) is 0 Å². The summed E-state index contributed by atoms with van der Waals surface area (Å²) in [5.74, 6) is -0.708. The molecule has 0 radical (unpaired) electrons. The summed E-state index contributed by atoms with van der Waals surface area (Å²) in [6, 6.07) is 7.63. The van der Waals surface area contributed by atoms with Crippen LogP contribution in [0.3, 0.4) is 0 Å². The average Bonchev–Trinajstić information content (AvgIpc) is 3.34. The molecule has 5 rings (SSSR count). The molecule has 2 aliphatic rings. The third-order valence-electron chi connectivity index (χ3n) is 5.42. The van der Waals surface area contributed by atoms with Crippen LogP contribution in [-0.2, 0) is 4.74 Å². The zero-order chi connectivity index (χ0) is 20.5. The number of fused-ring (bicyclic) bond motifs is 1. The fourth-order valence-corrected chi connectivity index (χ4v) is 3.81. The normalized spacial score (nSPS) is 17.4. The van der Waals surface area contributed by atoms with Crippen LogP contribution < -0.4 is 4.90 Å². The Morgan fingerprint density at radius 2 is 1.97 bits per heavy atom. The molecule has 0 bridgehead atoms. The minimum absolute atomic E-state index is 0.101. The van der Waals surface area contributed by atoms with Gasteiger partial charge >= 0.3 is 0 Å². The number of aliphatic imine (C=N–C) groups is 1. The zero-order valence-corrected chi connectivity index (χ0v) is 16.2.